The van der Waals surface area contributed by atoms with E-state index >= 15 is 0 Å². The van der Waals surface area contributed by atoms with Crippen LogP contribution in [-0.2, 0) is 0 Å². The van der Waals surface area contributed by atoms with Crippen molar-refractivity contribution >= 4 is 16.7 Å². The van der Waals surface area contributed by atoms with E-state index < -0.39 is 5.97 Å². The molecule has 2 N–H and O–H groups in total. The summed E-state index contributed by atoms with van der Waals surface area (Å²) in [6.07, 6.45) is 0. The van der Waals surface area contributed by atoms with E-state index in [-0.39, 0.29) is 11.3 Å². The SMILES string of the molecule is COc1cccc2c(C(=O)O)ccc(O)c12. The Bertz CT molecular complexity index is 560. The molecule has 0 aliphatic carbocycles. The highest BCUT2D eigenvalue weighted by Crippen LogP contribution is 2.34. The topological polar surface area (TPSA) is 66.8 Å². The molecule has 2 rings (SSSR count). The van der Waals surface area contributed by atoms with E-state index in [2.05, 4.69) is 0 Å². The van der Waals surface area contributed by atoms with Gasteiger partial charge in [0.15, 0.2) is 0 Å². The van der Waals surface area contributed by atoms with Gasteiger partial charge in [0.05, 0.1) is 18.1 Å². The summed E-state index contributed by atoms with van der Waals surface area (Å²) < 4.78 is 5.09. The van der Waals surface area contributed by atoms with Gasteiger partial charge in [-0.1, -0.05) is 12.1 Å². The van der Waals surface area contributed by atoms with Crippen molar-refractivity contribution < 1.29 is 19.7 Å². The summed E-state index contributed by atoms with van der Waals surface area (Å²) in [6, 6.07) is 7.73. The number of carboxylic acid groups (broad SMARTS) is 1. The van der Waals surface area contributed by atoms with Crippen LogP contribution in [0.1, 0.15) is 10.4 Å². The number of hydrogen-bond acceptors (Lipinski definition) is 3. The van der Waals surface area contributed by atoms with Crippen molar-refractivity contribution in [2.24, 2.45) is 0 Å². The number of rotatable bonds is 2. The minimum Gasteiger partial charge on any atom is -0.507 e. The van der Waals surface area contributed by atoms with Crippen LogP contribution in [0, 0.1) is 0 Å². The predicted octanol–water partition coefficient (Wildman–Crippen LogP) is 2.25. The van der Waals surface area contributed by atoms with E-state index in [9.17, 15) is 9.90 Å². The Hall–Kier alpha value is -2.23. The molecular formula is C12H10O4. The molecule has 4 heteroatoms. The molecular weight excluding hydrogens is 208 g/mol. The summed E-state index contributed by atoms with van der Waals surface area (Å²) in [5.41, 5.74) is 0.145. The molecule has 0 saturated carbocycles. The van der Waals surface area contributed by atoms with E-state index in [1.807, 2.05) is 0 Å². The van der Waals surface area contributed by atoms with Crippen molar-refractivity contribution in [2.75, 3.05) is 7.11 Å². The number of carbonyl (C=O) groups is 1. The zero-order valence-corrected chi connectivity index (χ0v) is 8.60. The number of methoxy groups -OCH3 is 1. The van der Waals surface area contributed by atoms with E-state index in [0.29, 0.717) is 16.5 Å². The van der Waals surface area contributed by atoms with Crippen LogP contribution >= 0.6 is 0 Å². The number of carboxylic acids is 1. The summed E-state index contributed by atoms with van der Waals surface area (Å²) in [5.74, 6) is -0.561. The van der Waals surface area contributed by atoms with Gasteiger partial charge in [-0.2, -0.15) is 0 Å². The van der Waals surface area contributed by atoms with Gasteiger partial charge in [0.25, 0.3) is 0 Å². The van der Waals surface area contributed by atoms with Gasteiger partial charge in [-0.05, 0) is 18.2 Å². The quantitative estimate of drug-likeness (QED) is 0.811. The van der Waals surface area contributed by atoms with Crippen LogP contribution in [0.4, 0.5) is 0 Å². The number of aromatic hydroxyl groups is 1. The molecule has 0 aliphatic heterocycles. The second kappa shape index (κ2) is 3.73. The molecule has 0 atom stereocenters. The van der Waals surface area contributed by atoms with E-state index in [1.165, 1.54) is 19.2 Å². The van der Waals surface area contributed by atoms with Gasteiger partial charge in [0.2, 0.25) is 0 Å². The third kappa shape index (κ3) is 1.44. The molecule has 82 valence electrons. The van der Waals surface area contributed by atoms with Gasteiger partial charge in [-0.15, -0.1) is 0 Å². The Morgan fingerprint density at radius 2 is 2.00 bits per heavy atom. The Balaban J connectivity index is 2.90. The second-order valence-electron chi connectivity index (χ2n) is 3.32. The second-order valence-corrected chi connectivity index (χ2v) is 3.32. The lowest BCUT2D eigenvalue weighted by atomic mass is 10.0. The molecule has 16 heavy (non-hydrogen) atoms. The molecule has 0 unspecified atom stereocenters. The van der Waals surface area contributed by atoms with Crippen LogP contribution in [-0.4, -0.2) is 23.3 Å². The van der Waals surface area contributed by atoms with Crippen LogP contribution in [0.2, 0.25) is 0 Å². The van der Waals surface area contributed by atoms with Crippen LogP contribution < -0.4 is 4.74 Å². The fraction of sp³-hybridized carbons (Fsp3) is 0.0833. The highest BCUT2D eigenvalue weighted by Gasteiger charge is 2.13. The largest absolute Gasteiger partial charge is 0.507 e. The van der Waals surface area contributed by atoms with Gasteiger partial charge in [-0.25, -0.2) is 4.79 Å². The monoisotopic (exact) mass is 218 g/mol. The highest BCUT2D eigenvalue weighted by molar-refractivity contribution is 6.07. The lowest BCUT2D eigenvalue weighted by molar-refractivity contribution is 0.0699. The summed E-state index contributed by atoms with van der Waals surface area (Å²) in [7, 11) is 1.47. The number of ether oxygens (including phenoxy) is 1. The predicted molar refractivity (Wildman–Crippen MR) is 59.1 cm³/mol. The fourth-order valence-corrected chi connectivity index (χ4v) is 1.71. The number of phenolic OH excluding ortho intramolecular Hbond substituents is 1. The maximum atomic E-state index is 11.0. The molecule has 0 spiro atoms. The van der Waals surface area contributed by atoms with Gasteiger partial charge < -0.3 is 14.9 Å². The first-order chi connectivity index (χ1) is 7.65. The van der Waals surface area contributed by atoms with Gasteiger partial charge in [-0.3, -0.25) is 0 Å². The highest BCUT2D eigenvalue weighted by atomic mass is 16.5. The summed E-state index contributed by atoms with van der Waals surface area (Å²) >= 11 is 0. The van der Waals surface area contributed by atoms with Gasteiger partial charge in [0.1, 0.15) is 11.5 Å². The van der Waals surface area contributed by atoms with Crippen LogP contribution in [0.15, 0.2) is 30.3 Å². The van der Waals surface area contributed by atoms with Crippen molar-refractivity contribution in [1.29, 1.82) is 0 Å². The Labute approximate surface area is 91.7 Å². The standard InChI is InChI=1S/C12H10O4/c1-16-10-4-2-3-7-8(12(14)15)5-6-9(13)11(7)10/h2-6,13H,1H3,(H,14,15). The van der Waals surface area contributed by atoms with Crippen molar-refractivity contribution in [1.82, 2.24) is 0 Å². The summed E-state index contributed by atoms with van der Waals surface area (Å²) in [4.78, 5) is 11.0. The molecule has 0 saturated heterocycles. The Morgan fingerprint density at radius 1 is 1.25 bits per heavy atom. The molecule has 0 radical (unpaired) electrons. The normalized spacial score (nSPS) is 10.3. The number of benzene rings is 2. The van der Waals surface area contributed by atoms with Crippen molar-refractivity contribution in [3.63, 3.8) is 0 Å². The third-order valence-electron chi connectivity index (χ3n) is 2.43. The first-order valence-corrected chi connectivity index (χ1v) is 4.67. The van der Waals surface area contributed by atoms with E-state index in [1.54, 1.807) is 18.2 Å². The van der Waals surface area contributed by atoms with Crippen molar-refractivity contribution in [3.05, 3.63) is 35.9 Å². The minimum absolute atomic E-state index is 0.0115. The Morgan fingerprint density at radius 3 is 2.62 bits per heavy atom. The smallest absolute Gasteiger partial charge is 0.336 e. The molecule has 2 aromatic rings. The molecule has 0 fully saturated rings. The first-order valence-electron chi connectivity index (χ1n) is 4.67. The minimum atomic E-state index is -1.03. The van der Waals surface area contributed by atoms with E-state index in [4.69, 9.17) is 9.84 Å². The van der Waals surface area contributed by atoms with Gasteiger partial charge >= 0.3 is 5.97 Å². The fourth-order valence-electron chi connectivity index (χ4n) is 1.71. The molecule has 0 bridgehead atoms. The Kier molecular flexibility index (Phi) is 2.40. The molecule has 4 nitrogen and oxygen atoms in total. The average Bonchev–Trinajstić information content (AvgIpc) is 2.28. The number of phenols is 1. The van der Waals surface area contributed by atoms with Crippen molar-refractivity contribution in [2.45, 2.75) is 0 Å². The van der Waals surface area contributed by atoms with Crippen molar-refractivity contribution in [3.8, 4) is 11.5 Å². The van der Waals surface area contributed by atoms with Crippen LogP contribution in [0.3, 0.4) is 0 Å². The number of aromatic carboxylic acids is 1. The molecule has 0 heterocycles. The third-order valence-corrected chi connectivity index (χ3v) is 2.43. The lowest BCUT2D eigenvalue weighted by Gasteiger charge is -2.08. The maximum absolute atomic E-state index is 11.0. The van der Waals surface area contributed by atoms with Gasteiger partial charge in [0, 0.05) is 5.39 Å². The zero-order valence-electron chi connectivity index (χ0n) is 8.60. The van der Waals surface area contributed by atoms with Crippen LogP contribution in [0.5, 0.6) is 11.5 Å². The first kappa shape index (κ1) is 10.3. The summed E-state index contributed by atoms with van der Waals surface area (Å²) in [5, 5.41) is 19.6. The summed E-state index contributed by atoms with van der Waals surface area (Å²) in [6.45, 7) is 0. The number of fused-ring (bicyclic) bond motifs is 1. The lowest BCUT2D eigenvalue weighted by Crippen LogP contribution is -1.98. The molecule has 0 aromatic heterocycles. The maximum Gasteiger partial charge on any atom is 0.336 e. The molecule has 2 aromatic carbocycles. The average molecular weight is 218 g/mol. The van der Waals surface area contributed by atoms with Crippen LogP contribution in [0.25, 0.3) is 10.8 Å². The molecule has 0 amide bonds. The molecule has 0 aliphatic rings. The zero-order chi connectivity index (χ0) is 11.7. The number of hydrogen-bond donors (Lipinski definition) is 2. The van der Waals surface area contributed by atoms with E-state index in [0.717, 1.165) is 0 Å².